The van der Waals surface area contributed by atoms with Gasteiger partial charge < -0.3 is 0 Å². The SMILES string of the molecule is CS1(=O)=NC(=O)c2ccccc2C1. The first-order chi connectivity index (χ1) is 6.08. The molecule has 3 nitrogen and oxygen atoms in total. The van der Waals surface area contributed by atoms with Crippen molar-refractivity contribution in [1.29, 1.82) is 0 Å². The summed E-state index contributed by atoms with van der Waals surface area (Å²) in [5.74, 6) is 0.0314. The molecule has 1 amide bonds. The Bertz CT molecular complexity index is 484. The third kappa shape index (κ3) is 1.49. The van der Waals surface area contributed by atoms with Crippen LogP contribution < -0.4 is 0 Å². The normalized spacial score (nSPS) is 26.4. The number of amides is 1. The van der Waals surface area contributed by atoms with E-state index in [9.17, 15) is 9.00 Å². The van der Waals surface area contributed by atoms with Gasteiger partial charge in [-0.05, 0) is 11.6 Å². The van der Waals surface area contributed by atoms with Gasteiger partial charge in [-0.2, -0.15) is 4.36 Å². The number of nitrogens with zero attached hydrogens (tertiary/aromatic N) is 1. The maximum atomic E-state index is 11.6. The molecular weight excluding hydrogens is 186 g/mol. The molecule has 13 heavy (non-hydrogen) atoms. The van der Waals surface area contributed by atoms with Gasteiger partial charge in [-0.15, -0.1) is 0 Å². The smallest absolute Gasteiger partial charge is 0.266 e. The Morgan fingerprint density at radius 3 is 2.85 bits per heavy atom. The number of fused-ring (bicyclic) bond motifs is 1. The van der Waals surface area contributed by atoms with Crippen LogP contribution in [0.3, 0.4) is 0 Å². The van der Waals surface area contributed by atoms with Crippen molar-refractivity contribution < 1.29 is 9.00 Å². The van der Waals surface area contributed by atoms with Crippen molar-refractivity contribution in [3.05, 3.63) is 35.4 Å². The molecule has 1 aliphatic heterocycles. The minimum Gasteiger partial charge on any atom is -0.266 e. The average Bonchev–Trinajstić information content (AvgIpc) is 2.02. The minimum absolute atomic E-state index is 0.352. The average molecular weight is 195 g/mol. The first-order valence-electron chi connectivity index (χ1n) is 3.90. The molecular formula is C9H9NO2S. The van der Waals surface area contributed by atoms with E-state index >= 15 is 0 Å². The summed E-state index contributed by atoms with van der Waals surface area (Å²) in [6.07, 6.45) is 1.51. The van der Waals surface area contributed by atoms with Gasteiger partial charge in [0.25, 0.3) is 5.91 Å². The molecule has 1 aromatic rings. The van der Waals surface area contributed by atoms with E-state index in [0.717, 1.165) is 5.56 Å². The fourth-order valence-corrected chi connectivity index (χ4v) is 2.74. The van der Waals surface area contributed by atoms with Crippen molar-refractivity contribution >= 4 is 15.6 Å². The van der Waals surface area contributed by atoms with Gasteiger partial charge in [-0.25, -0.2) is 4.21 Å². The molecule has 68 valence electrons. The number of benzene rings is 1. The van der Waals surface area contributed by atoms with Gasteiger partial charge in [0.2, 0.25) is 0 Å². The third-order valence-corrected chi connectivity index (χ3v) is 3.35. The second-order valence-electron chi connectivity index (χ2n) is 3.16. The number of carbonyl (C=O) groups excluding carboxylic acids is 1. The van der Waals surface area contributed by atoms with Gasteiger partial charge >= 0.3 is 0 Å². The zero-order chi connectivity index (χ0) is 9.47. The molecule has 1 atom stereocenters. The van der Waals surface area contributed by atoms with E-state index in [4.69, 9.17) is 0 Å². The molecule has 2 rings (SSSR count). The van der Waals surface area contributed by atoms with E-state index in [1.807, 2.05) is 12.1 Å². The summed E-state index contributed by atoms with van der Waals surface area (Å²) in [5.41, 5.74) is 1.43. The highest BCUT2D eigenvalue weighted by Crippen LogP contribution is 2.19. The molecule has 0 radical (unpaired) electrons. The third-order valence-electron chi connectivity index (χ3n) is 1.95. The van der Waals surface area contributed by atoms with Crippen LogP contribution in [0.25, 0.3) is 0 Å². The molecule has 0 fully saturated rings. The second kappa shape index (κ2) is 2.67. The zero-order valence-electron chi connectivity index (χ0n) is 7.19. The first-order valence-corrected chi connectivity index (χ1v) is 6.00. The van der Waals surface area contributed by atoms with E-state index in [1.165, 1.54) is 6.26 Å². The summed E-state index contributed by atoms with van der Waals surface area (Å²) in [5, 5.41) is 0. The molecule has 1 unspecified atom stereocenters. The molecule has 0 bridgehead atoms. The standard InChI is InChI=1S/C9H9NO2S/c1-13(12)6-7-4-2-3-5-8(7)9(11)10-13/h2-5H,6H2,1H3. The lowest BCUT2D eigenvalue weighted by molar-refractivity contribution is 0.100. The van der Waals surface area contributed by atoms with Crippen LogP contribution in [-0.4, -0.2) is 16.4 Å². The van der Waals surface area contributed by atoms with E-state index in [2.05, 4.69) is 4.36 Å². The highest BCUT2D eigenvalue weighted by Gasteiger charge is 2.19. The molecule has 0 N–H and O–H groups in total. The molecule has 1 aromatic carbocycles. The molecule has 0 spiro atoms. The van der Waals surface area contributed by atoms with E-state index in [1.54, 1.807) is 12.1 Å². The van der Waals surface area contributed by atoms with Crippen LogP contribution in [-0.2, 0) is 15.5 Å². The van der Waals surface area contributed by atoms with Crippen molar-refractivity contribution in [2.24, 2.45) is 4.36 Å². The van der Waals surface area contributed by atoms with Crippen LogP contribution in [0, 0.1) is 0 Å². The zero-order valence-corrected chi connectivity index (χ0v) is 8.00. The largest absolute Gasteiger partial charge is 0.285 e. The summed E-state index contributed by atoms with van der Waals surface area (Å²) in [6.45, 7) is 0. The van der Waals surface area contributed by atoms with E-state index < -0.39 is 9.73 Å². The van der Waals surface area contributed by atoms with Gasteiger partial charge in [0.15, 0.2) is 0 Å². The predicted octanol–water partition coefficient (Wildman–Crippen LogP) is 1.44. The number of rotatable bonds is 0. The predicted molar refractivity (Wildman–Crippen MR) is 51.0 cm³/mol. The topological polar surface area (TPSA) is 46.5 Å². The van der Waals surface area contributed by atoms with E-state index in [-0.39, 0.29) is 5.91 Å². The molecule has 0 saturated heterocycles. The molecule has 0 aromatic heterocycles. The maximum absolute atomic E-state index is 11.6. The number of carbonyl (C=O) groups is 1. The van der Waals surface area contributed by atoms with Gasteiger partial charge in [-0.3, -0.25) is 4.79 Å². The van der Waals surface area contributed by atoms with Gasteiger partial charge in [0.05, 0.1) is 15.5 Å². The molecule has 0 aliphatic carbocycles. The summed E-state index contributed by atoms with van der Waals surface area (Å²) in [4.78, 5) is 11.4. The van der Waals surface area contributed by atoms with Crippen LogP contribution in [0.2, 0.25) is 0 Å². The Hall–Kier alpha value is -1.16. The lowest BCUT2D eigenvalue weighted by Gasteiger charge is -2.12. The quantitative estimate of drug-likeness (QED) is 0.628. The van der Waals surface area contributed by atoms with Crippen molar-refractivity contribution in [3.63, 3.8) is 0 Å². The summed E-state index contributed by atoms with van der Waals surface area (Å²) in [7, 11) is -2.32. The summed E-state index contributed by atoms with van der Waals surface area (Å²) in [6, 6.07) is 7.17. The Kier molecular flexibility index (Phi) is 1.73. The van der Waals surface area contributed by atoms with Gasteiger partial charge in [-0.1, -0.05) is 18.2 Å². The van der Waals surface area contributed by atoms with Crippen LogP contribution in [0.5, 0.6) is 0 Å². The number of hydrogen-bond acceptors (Lipinski definition) is 2. The minimum atomic E-state index is -2.32. The molecule has 1 heterocycles. The summed E-state index contributed by atoms with van der Waals surface area (Å²) >= 11 is 0. The molecule has 1 aliphatic rings. The lowest BCUT2D eigenvalue weighted by Crippen LogP contribution is -2.14. The monoisotopic (exact) mass is 195 g/mol. The first kappa shape index (κ1) is 8.44. The van der Waals surface area contributed by atoms with E-state index in [0.29, 0.717) is 11.3 Å². The van der Waals surface area contributed by atoms with Crippen LogP contribution in [0.15, 0.2) is 28.6 Å². The Labute approximate surface area is 77.0 Å². The van der Waals surface area contributed by atoms with Crippen molar-refractivity contribution in [3.8, 4) is 0 Å². The van der Waals surface area contributed by atoms with Crippen LogP contribution in [0.1, 0.15) is 15.9 Å². The molecule has 0 saturated carbocycles. The fourth-order valence-electron chi connectivity index (χ4n) is 1.40. The lowest BCUT2D eigenvalue weighted by atomic mass is 10.1. The van der Waals surface area contributed by atoms with Gasteiger partial charge in [0, 0.05) is 11.8 Å². The Balaban J connectivity index is 2.66. The van der Waals surface area contributed by atoms with Crippen molar-refractivity contribution in [2.75, 3.05) is 6.26 Å². The Morgan fingerprint density at radius 2 is 2.08 bits per heavy atom. The Morgan fingerprint density at radius 1 is 1.38 bits per heavy atom. The van der Waals surface area contributed by atoms with Gasteiger partial charge in [0.1, 0.15) is 0 Å². The number of hydrogen-bond donors (Lipinski definition) is 0. The van der Waals surface area contributed by atoms with Crippen LogP contribution in [0.4, 0.5) is 0 Å². The fraction of sp³-hybridized carbons (Fsp3) is 0.222. The van der Waals surface area contributed by atoms with Crippen LogP contribution >= 0.6 is 0 Å². The van der Waals surface area contributed by atoms with Crippen molar-refractivity contribution in [2.45, 2.75) is 5.75 Å². The van der Waals surface area contributed by atoms with Crippen molar-refractivity contribution in [1.82, 2.24) is 0 Å². The second-order valence-corrected chi connectivity index (χ2v) is 5.55. The summed E-state index contributed by atoms with van der Waals surface area (Å²) < 4.78 is 15.2. The molecule has 4 heteroatoms. The highest BCUT2D eigenvalue weighted by molar-refractivity contribution is 7.92. The maximum Gasteiger partial charge on any atom is 0.285 e. The highest BCUT2D eigenvalue weighted by atomic mass is 32.2.